The summed E-state index contributed by atoms with van der Waals surface area (Å²) in [6.45, 7) is 2.08. The summed E-state index contributed by atoms with van der Waals surface area (Å²) >= 11 is 3.13. The molecule has 2 aromatic carbocycles. The average Bonchev–Trinajstić information content (AvgIpc) is 3.38. The number of thioether (sulfide) groups is 1. The number of carbonyl (C=O) groups is 1. The second-order valence-corrected chi connectivity index (χ2v) is 8.04. The molecule has 0 saturated heterocycles. The molecule has 0 aliphatic rings. The fraction of sp³-hybridized carbons (Fsp3) is 0.150. The van der Waals surface area contributed by atoms with Crippen molar-refractivity contribution in [1.82, 2.24) is 14.6 Å². The molecule has 0 fully saturated rings. The normalized spacial score (nSPS) is 11.6. The van der Waals surface area contributed by atoms with Crippen molar-refractivity contribution < 1.29 is 13.9 Å². The number of ether oxygens (including phenoxy) is 1. The molecule has 5 rings (SSSR count). The summed E-state index contributed by atoms with van der Waals surface area (Å²) in [5.41, 5.74) is 2.57. The van der Waals surface area contributed by atoms with E-state index in [0.29, 0.717) is 17.9 Å². The van der Waals surface area contributed by atoms with Gasteiger partial charge in [-0.2, -0.15) is 0 Å². The van der Waals surface area contributed by atoms with Gasteiger partial charge in [-0.15, -0.1) is 10.2 Å². The third-order valence-corrected chi connectivity index (χ3v) is 6.38. The molecule has 28 heavy (non-hydrogen) atoms. The Morgan fingerprint density at radius 2 is 2.00 bits per heavy atom. The van der Waals surface area contributed by atoms with E-state index in [1.165, 1.54) is 11.8 Å². The van der Waals surface area contributed by atoms with Crippen LogP contribution in [0.15, 0.2) is 58.1 Å². The number of fused-ring (bicyclic) bond motifs is 4. The molecule has 0 unspecified atom stereocenters. The Labute approximate surface area is 168 Å². The lowest BCUT2D eigenvalue weighted by molar-refractivity contribution is 0.0491. The summed E-state index contributed by atoms with van der Waals surface area (Å²) in [4.78, 5) is 13.2. The molecule has 3 heterocycles. The van der Waals surface area contributed by atoms with Gasteiger partial charge in [0.05, 0.1) is 16.8 Å². The minimum Gasteiger partial charge on any atom is -0.460 e. The SMILES string of the molecule is CCOC(=O)c1oc2ccccc2c1CSc1nnc2sc3ccccc3n12. The van der Waals surface area contributed by atoms with Crippen LogP contribution in [0, 0.1) is 0 Å². The molecule has 0 aliphatic heterocycles. The quantitative estimate of drug-likeness (QED) is 0.295. The van der Waals surface area contributed by atoms with E-state index in [4.69, 9.17) is 9.15 Å². The van der Waals surface area contributed by atoms with Gasteiger partial charge in [0.1, 0.15) is 5.58 Å². The Kier molecular flexibility index (Phi) is 4.29. The third kappa shape index (κ3) is 2.76. The molecule has 8 heteroatoms. The van der Waals surface area contributed by atoms with Gasteiger partial charge in [-0.3, -0.25) is 4.40 Å². The Hall–Kier alpha value is -2.84. The second-order valence-electron chi connectivity index (χ2n) is 6.09. The molecular weight excluding hydrogens is 394 g/mol. The van der Waals surface area contributed by atoms with E-state index in [-0.39, 0.29) is 5.76 Å². The first-order valence-corrected chi connectivity index (χ1v) is 10.6. The van der Waals surface area contributed by atoms with Crippen LogP contribution in [0.1, 0.15) is 23.0 Å². The number of para-hydroxylation sites is 2. The lowest BCUT2D eigenvalue weighted by Gasteiger charge is -2.03. The number of carbonyl (C=O) groups excluding carboxylic acids is 1. The van der Waals surface area contributed by atoms with E-state index in [2.05, 4.69) is 26.7 Å². The number of nitrogens with zero attached hydrogens (tertiary/aromatic N) is 3. The van der Waals surface area contributed by atoms with Gasteiger partial charge in [-0.1, -0.05) is 53.4 Å². The molecule has 0 atom stereocenters. The molecule has 0 bridgehead atoms. The van der Waals surface area contributed by atoms with Crippen LogP contribution in [0.2, 0.25) is 0 Å². The summed E-state index contributed by atoms with van der Waals surface area (Å²) in [6, 6.07) is 15.8. The molecule has 6 nitrogen and oxygen atoms in total. The van der Waals surface area contributed by atoms with E-state index >= 15 is 0 Å². The highest BCUT2D eigenvalue weighted by Gasteiger charge is 2.22. The zero-order valence-electron chi connectivity index (χ0n) is 14.9. The minimum atomic E-state index is -0.443. The van der Waals surface area contributed by atoms with Crippen molar-refractivity contribution in [3.05, 3.63) is 59.9 Å². The molecule has 140 valence electrons. The van der Waals surface area contributed by atoms with Crippen LogP contribution in [0.3, 0.4) is 0 Å². The summed E-state index contributed by atoms with van der Waals surface area (Å²) in [5, 5.41) is 10.3. The van der Waals surface area contributed by atoms with Crippen LogP contribution in [-0.2, 0) is 10.5 Å². The molecular formula is C20H15N3O3S2. The molecule has 0 N–H and O–H groups in total. The van der Waals surface area contributed by atoms with Gasteiger partial charge in [0.15, 0.2) is 5.16 Å². The van der Waals surface area contributed by atoms with Gasteiger partial charge in [0.25, 0.3) is 0 Å². The Bertz CT molecular complexity index is 1320. The van der Waals surface area contributed by atoms with Gasteiger partial charge in [0, 0.05) is 16.7 Å². The summed E-state index contributed by atoms with van der Waals surface area (Å²) in [5.74, 6) is 0.337. The number of thiazole rings is 1. The van der Waals surface area contributed by atoms with Crippen molar-refractivity contribution in [3.63, 3.8) is 0 Å². The summed E-state index contributed by atoms with van der Waals surface area (Å²) in [7, 11) is 0. The molecule has 0 spiro atoms. The maximum absolute atomic E-state index is 12.4. The zero-order valence-corrected chi connectivity index (χ0v) is 16.5. The van der Waals surface area contributed by atoms with Crippen LogP contribution < -0.4 is 0 Å². The number of benzene rings is 2. The predicted octanol–water partition coefficient (Wildman–Crippen LogP) is 5.16. The predicted molar refractivity (Wildman–Crippen MR) is 110 cm³/mol. The summed E-state index contributed by atoms with van der Waals surface area (Å²) < 4.78 is 14.2. The third-order valence-electron chi connectivity index (χ3n) is 4.42. The second kappa shape index (κ2) is 6.96. The van der Waals surface area contributed by atoms with Crippen molar-refractivity contribution in [1.29, 1.82) is 0 Å². The molecule has 0 aliphatic carbocycles. The fourth-order valence-corrected chi connectivity index (χ4v) is 5.18. The van der Waals surface area contributed by atoms with Gasteiger partial charge >= 0.3 is 5.97 Å². The first kappa shape index (κ1) is 17.3. The van der Waals surface area contributed by atoms with Gasteiger partial charge in [-0.05, 0) is 25.1 Å². The van der Waals surface area contributed by atoms with E-state index in [0.717, 1.165) is 31.3 Å². The molecule has 0 amide bonds. The average molecular weight is 409 g/mol. The van der Waals surface area contributed by atoms with Gasteiger partial charge in [0.2, 0.25) is 10.7 Å². The van der Waals surface area contributed by atoms with E-state index in [1.54, 1.807) is 18.3 Å². The van der Waals surface area contributed by atoms with E-state index in [1.807, 2.05) is 36.4 Å². The number of furan rings is 1. The molecule has 3 aromatic heterocycles. The first-order valence-electron chi connectivity index (χ1n) is 8.79. The number of esters is 1. The number of aromatic nitrogens is 3. The smallest absolute Gasteiger partial charge is 0.374 e. The first-order chi connectivity index (χ1) is 13.8. The minimum absolute atomic E-state index is 0.256. The lowest BCUT2D eigenvalue weighted by Crippen LogP contribution is -2.05. The Morgan fingerprint density at radius 1 is 1.18 bits per heavy atom. The van der Waals surface area contributed by atoms with Crippen molar-refractivity contribution in [2.75, 3.05) is 6.61 Å². The number of hydrogen-bond donors (Lipinski definition) is 0. The maximum Gasteiger partial charge on any atom is 0.374 e. The molecule has 0 saturated carbocycles. The van der Waals surface area contributed by atoms with E-state index < -0.39 is 5.97 Å². The molecule has 5 aromatic rings. The van der Waals surface area contributed by atoms with Crippen LogP contribution in [0.4, 0.5) is 0 Å². The van der Waals surface area contributed by atoms with Crippen LogP contribution in [0.5, 0.6) is 0 Å². The van der Waals surface area contributed by atoms with Crippen LogP contribution >= 0.6 is 23.1 Å². The Morgan fingerprint density at radius 3 is 2.89 bits per heavy atom. The number of hydrogen-bond acceptors (Lipinski definition) is 7. The van der Waals surface area contributed by atoms with Crippen molar-refractivity contribution in [2.45, 2.75) is 17.8 Å². The maximum atomic E-state index is 12.4. The highest BCUT2D eigenvalue weighted by Crippen LogP contribution is 2.34. The van der Waals surface area contributed by atoms with Gasteiger partial charge in [-0.25, -0.2) is 4.79 Å². The lowest BCUT2D eigenvalue weighted by atomic mass is 10.1. The van der Waals surface area contributed by atoms with Crippen molar-refractivity contribution in [3.8, 4) is 0 Å². The van der Waals surface area contributed by atoms with Crippen molar-refractivity contribution >= 4 is 55.2 Å². The standard InChI is InChI=1S/C20H15N3O3S2/c1-2-25-18(24)17-13(12-7-3-5-9-15(12)26-17)11-27-19-21-22-20-23(19)14-8-4-6-10-16(14)28-20/h3-10H,2,11H2,1H3. The number of rotatable bonds is 5. The highest BCUT2D eigenvalue weighted by atomic mass is 32.2. The largest absolute Gasteiger partial charge is 0.460 e. The van der Waals surface area contributed by atoms with Crippen LogP contribution in [-0.4, -0.2) is 27.2 Å². The molecule has 0 radical (unpaired) electrons. The highest BCUT2D eigenvalue weighted by molar-refractivity contribution is 7.98. The summed E-state index contributed by atoms with van der Waals surface area (Å²) in [6.07, 6.45) is 0. The van der Waals surface area contributed by atoms with E-state index in [9.17, 15) is 4.79 Å². The Balaban J connectivity index is 1.55. The monoisotopic (exact) mass is 409 g/mol. The zero-order chi connectivity index (χ0) is 19.1. The van der Waals surface area contributed by atoms with Crippen LogP contribution in [0.25, 0.3) is 26.1 Å². The fourth-order valence-electron chi connectivity index (χ4n) is 3.19. The van der Waals surface area contributed by atoms with Gasteiger partial charge < -0.3 is 9.15 Å². The topological polar surface area (TPSA) is 69.6 Å². The van der Waals surface area contributed by atoms with Crippen molar-refractivity contribution in [2.24, 2.45) is 0 Å².